The van der Waals surface area contributed by atoms with Gasteiger partial charge in [-0.3, -0.25) is 4.79 Å². The first-order valence-electron chi connectivity index (χ1n) is 6.54. The molecule has 1 atom stereocenters. The van der Waals surface area contributed by atoms with Crippen LogP contribution in [0.2, 0.25) is 0 Å². The molecule has 0 saturated carbocycles. The third-order valence-electron chi connectivity index (χ3n) is 3.84. The Hall–Kier alpha value is -1.35. The quantitative estimate of drug-likeness (QED) is 0.816. The molecule has 1 aromatic carbocycles. The molecule has 98 valence electrons. The van der Waals surface area contributed by atoms with Gasteiger partial charge in [0.1, 0.15) is 0 Å². The maximum absolute atomic E-state index is 11.5. The van der Waals surface area contributed by atoms with Gasteiger partial charge < -0.3 is 10.6 Å². The number of carbonyl (C=O) groups excluding carboxylic acids is 1. The summed E-state index contributed by atoms with van der Waals surface area (Å²) in [5, 5.41) is 0. The number of ketones is 1. The molecular weight excluding hydrogens is 224 g/mol. The van der Waals surface area contributed by atoms with Crippen LogP contribution in [0.4, 0.5) is 5.69 Å². The first-order chi connectivity index (χ1) is 8.40. The third-order valence-corrected chi connectivity index (χ3v) is 3.84. The minimum absolute atomic E-state index is 0.102. The molecule has 1 aliphatic rings. The van der Waals surface area contributed by atoms with Crippen molar-refractivity contribution in [2.45, 2.75) is 45.2 Å². The molecule has 18 heavy (non-hydrogen) atoms. The summed E-state index contributed by atoms with van der Waals surface area (Å²) in [6.07, 6.45) is 2.15. The topological polar surface area (TPSA) is 46.3 Å². The minimum atomic E-state index is 0.102. The lowest BCUT2D eigenvalue weighted by Crippen LogP contribution is -2.54. The molecule has 2 N–H and O–H groups in total. The summed E-state index contributed by atoms with van der Waals surface area (Å²) in [5.41, 5.74) is 8.04. The fraction of sp³-hybridized carbons (Fsp3) is 0.533. The Labute approximate surface area is 109 Å². The highest BCUT2D eigenvalue weighted by Gasteiger charge is 2.33. The van der Waals surface area contributed by atoms with Crippen molar-refractivity contribution in [1.29, 1.82) is 0 Å². The maximum atomic E-state index is 11.5. The largest absolute Gasteiger partial charge is 0.365 e. The van der Waals surface area contributed by atoms with E-state index in [9.17, 15) is 4.79 Å². The van der Waals surface area contributed by atoms with E-state index in [4.69, 9.17) is 5.73 Å². The van der Waals surface area contributed by atoms with Gasteiger partial charge in [-0.05, 0) is 45.7 Å². The summed E-state index contributed by atoms with van der Waals surface area (Å²) < 4.78 is 0. The monoisotopic (exact) mass is 246 g/mol. The van der Waals surface area contributed by atoms with E-state index < -0.39 is 0 Å². The molecule has 1 aliphatic heterocycles. The zero-order valence-corrected chi connectivity index (χ0v) is 11.4. The van der Waals surface area contributed by atoms with Crippen LogP contribution in [0.25, 0.3) is 0 Å². The van der Waals surface area contributed by atoms with Crippen LogP contribution in [0, 0.1) is 0 Å². The molecule has 1 fully saturated rings. The van der Waals surface area contributed by atoms with E-state index >= 15 is 0 Å². The molecule has 3 nitrogen and oxygen atoms in total. The van der Waals surface area contributed by atoms with Gasteiger partial charge in [-0.15, -0.1) is 0 Å². The lowest BCUT2D eigenvalue weighted by Gasteiger charge is -2.46. The predicted molar refractivity (Wildman–Crippen MR) is 75.1 cm³/mol. The molecule has 1 unspecified atom stereocenters. The number of benzene rings is 1. The normalized spacial score (nSPS) is 22.9. The second-order valence-electron chi connectivity index (χ2n) is 5.83. The van der Waals surface area contributed by atoms with Crippen molar-refractivity contribution in [1.82, 2.24) is 0 Å². The van der Waals surface area contributed by atoms with E-state index in [2.05, 4.69) is 24.8 Å². The number of anilines is 1. The number of rotatable bonds is 2. The minimum Gasteiger partial charge on any atom is -0.365 e. The molecule has 3 heteroatoms. The zero-order valence-electron chi connectivity index (χ0n) is 11.4. The van der Waals surface area contributed by atoms with Crippen LogP contribution in [-0.2, 0) is 0 Å². The number of nitrogens with two attached hydrogens (primary N) is 1. The number of piperidine rings is 1. The van der Waals surface area contributed by atoms with E-state index in [0.29, 0.717) is 0 Å². The van der Waals surface area contributed by atoms with Crippen LogP contribution in [-0.4, -0.2) is 23.9 Å². The highest BCUT2D eigenvalue weighted by Crippen LogP contribution is 2.32. The molecule has 2 rings (SSSR count). The standard InChI is InChI=1S/C15H22N2O/c1-11(18)12-5-4-6-14(9-12)17-10-13(16)7-8-15(17,2)3/h4-6,9,13H,7-8,10,16H2,1-3H3. The highest BCUT2D eigenvalue weighted by molar-refractivity contribution is 5.95. The van der Waals surface area contributed by atoms with Gasteiger partial charge in [0.05, 0.1) is 0 Å². The molecule has 1 aromatic rings. The van der Waals surface area contributed by atoms with Gasteiger partial charge in [-0.1, -0.05) is 12.1 Å². The van der Waals surface area contributed by atoms with Crippen LogP contribution in [0.15, 0.2) is 24.3 Å². The number of hydrogen-bond acceptors (Lipinski definition) is 3. The smallest absolute Gasteiger partial charge is 0.159 e. The van der Waals surface area contributed by atoms with Gasteiger partial charge in [0, 0.05) is 29.4 Å². The number of carbonyl (C=O) groups is 1. The van der Waals surface area contributed by atoms with Crippen molar-refractivity contribution in [3.05, 3.63) is 29.8 Å². The molecular formula is C15H22N2O. The Morgan fingerprint density at radius 3 is 2.83 bits per heavy atom. The average molecular weight is 246 g/mol. The SMILES string of the molecule is CC(=O)c1cccc(N2CC(N)CCC2(C)C)c1. The van der Waals surface area contributed by atoms with E-state index in [-0.39, 0.29) is 17.4 Å². The van der Waals surface area contributed by atoms with Gasteiger partial charge in [-0.2, -0.15) is 0 Å². The molecule has 1 saturated heterocycles. The average Bonchev–Trinajstić information content (AvgIpc) is 2.32. The molecule has 0 radical (unpaired) electrons. The summed E-state index contributed by atoms with van der Waals surface area (Å²) in [6.45, 7) is 6.93. The van der Waals surface area contributed by atoms with Crippen molar-refractivity contribution in [2.75, 3.05) is 11.4 Å². The summed E-state index contributed by atoms with van der Waals surface area (Å²) >= 11 is 0. The van der Waals surface area contributed by atoms with E-state index in [0.717, 1.165) is 30.6 Å². The number of Topliss-reactive ketones (excluding diaryl/α,β-unsaturated/α-hetero) is 1. The fourth-order valence-corrected chi connectivity index (χ4v) is 2.59. The van der Waals surface area contributed by atoms with Crippen LogP contribution in [0.1, 0.15) is 44.0 Å². The second-order valence-corrected chi connectivity index (χ2v) is 5.83. The van der Waals surface area contributed by atoms with Gasteiger partial charge in [0.2, 0.25) is 0 Å². The first-order valence-corrected chi connectivity index (χ1v) is 6.54. The first kappa shape index (κ1) is 13.1. The van der Waals surface area contributed by atoms with E-state index in [1.807, 2.05) is 18.2 Å². The lowest BCUT2D eigenvalue weighted by atomic mass is 9.87. The van der Waals surface area contributed by atoms with Crippen molar-refractivity contribution in [3.8, 4) is 0 Å². The van der Waals surface area contributed by atoms with Crippen LogP contribution in [0.5, 0.6) is 0 Å². The van der Waals surface area contributed by atoms with Crippen LogP contribution in [0.3, 0.4) is 0 Å². The Morgan fingerprint density at radius 1 is 1.44 bits per heavy atom. The van der Waals surface area contributed by atoms with Crippen molar-refractivity contribution < 1.29 is 4.79 Å². The van der Waals surface area contributed by atoms with Gasteiger partial charge in [-0.25, -0.2) is 0 Å². The lowest BCUT2D eigenvalue weighted by molar-refractivity contribution is 0.101. The summed E-state index contributed by atoms with van der Waals surface area (Å²) in [5.74, 6) is 0.107. The summed E-state index contributed by atoms with van der Waals surface area (Å²) in [6, 6.07) is 8.07. The van der Waals surface area contributed by atoms with E-state index in [1.165, 1.54) is 0 Å². The highest BCUT2D eigenvalue weighted by atomic mass is 16.1. The Morgan fingerprint density at radius 2 is 2.17 bits per heavy atom. The molecule has 0 amide bonds. The van der Waals surface area contributed by atoms with Gasteiger partial charge in [0.25, 0.3) is 0 Å². The number of nitrogens with zero attached hydrogens (tertiary/aromatic N) is 1. The molecule has 0 aliphatic carbocycles. The zero-order chi connectivity index (χ0) is 13.3. The summed E-state index contributed by atoms with van der Waals surface area (Å²) in [7, 11) is 0. The van der Waals surface area contributed by atoms with Crippen LogP contribution < -0.4 is 10.6 Å². The summed E-state index contributed by atoms with van der Waals surface area (Å²) in [4.78, 5) is 13.8. The van der Waals surface area contributed by atoms with E-state index in [1.54, 1.807) is 6.92 Å². The Bertz CT molecular complexity index is 454. The van der Waals surface area contributed by atoms with Gasteiger partial charge in [0.15, 0.2) is 5.78 Å². The van der Waals surface area contributed by atoms with Crippen molar-refractivity contribution >= 4 is 11.5 Å². The second kappa shape index (κ2) is 4.73. The Balaban J connectivity index is 2.34. The van der Waals surface area contributed by atoms with Gasteiger partial charge >= 0.3 is 0 Å². The molecule has 1 heterocycles. The fourth-order valence-electron chi connectivity index (χ4n) is 2.59. The molecule has 0 aromatic heterocycles. The molecule has 0 bridgehead atoms. The van der Waals surface area contributed by atoms with Crippen LogP contribution >= 0.6 is 0 Å². The third kappa shape index (κ3) is 2.56. The Kier molecular flexibility index (Phi) is 3.44. The van der Waals surface area contributed by atoms with Crippen molar-refractivity contribution in [3.63, 3.8) is 0 Å². The maximum Gasteiger partial charge on any atom is 0.159 e. The van der Waals surface area contributed by atoms with Crippen molar-refractivity contribution in [2.24, 2.45) is 5.73 Å². The molecule has 0 spiro atoms. The predicted octanol–water partition coefficient (Wildman–Crippen LogP) is 2.60. The number of hydrogen-bond donors (Lipinski definition) is 1.